The normalized spacial score (nSPS) is 19.9. The van der Waals surface area contributed by atoms with Crippen LogP contribution in [0.5, 0.6) is 0 Å². The number of nitriles is 1. The Balaban J connectivity index is 1.71. The van der Waals surface area contributed by atoms with E-state index in [0.717, 1.165) is 17.8 Å². The molecule has 2 heterocycles. The molecular weight excluding hydrogens is 298 g/mol. The largest absolute Gasteiger partial charge is 0.331 e. The molecule has 0 aliphatic carbocycles. The molecule has 1 unspecified atom stereocenters. The molecule has 1 atom stereocenters. The molecule has 22 heavy (non-hydrogen) atoms. The van der Waals surface area contributed by atoms with Crippen LogP contribution in [0, 0.1) is 17.2 Å². The molecule has 0 spiro atoms. The van der Waals surface area contributed by atoms with Crippen molar-refractivity contribution in [2.75, 3.05) is 11.5 Å². The van der Waals surface area contributed by atoms with Crippen LogP contribution < -0.4 is 0 Å². The Bertz CT molecular complexity index is 801. The Morgan fingerprint density at radius 3 is 2.73 bits per heavy atom. The molecule has 1 saturated heterocycles. The summed E-state index contributed by atoms with van der Waals surface area (Å²) in [7, 11) is -2.85. The van der Waals surface area contributed by atoms with Gasteiger partial charge in [-0.3, -0.25) is 0 Å². The molecule has 3 rings (SSSR count). The highest BCUT2D eigenvalue weighted by molar-refractivity contribution is 7.91. The number of hydrogen-bond donors (Lipinski definition) is 0. The maximum atomic E-state index is 11.6. The minimum atomic E-state index is -2.85. The Labute approximate surface area is 130 Å². The number of hydrogen-bond acceptors (Lipinski definition) is 4. The number of sulfone groups is 1. The first-order valence-corrected chi connectivity index (χ1v) is 9.07. The Morgan fingerprint density at radius 2 is 2.09 bits per heavy atom. The first kappa shape index (κ1) is 14.8. The third kappa shape index (κ3) is 3.37. The molecule has 0 N–H and O–H groups in total. The van der Waals surface area contributed by atoms with Gasteiger partial charge in [-0.25, -0.2) is 13.4 Å². The van der Waals surface area contributed by atoms with Crippen LogP contribution in [-0.2, 0) is 22.8 Å². The fourth-order valence-electron chi connectivity index (χ4n) is 2.85. The third-order valence-electron chi connectivity index (χ3n) is 4.04. The number of nitrogens with zero attached hydrogens (tertiary/aromatic N) is 3. The van der Waals surface area contributed by atoms with Gasteiger partial charge < -0.3 is 4.57 Å². The molecule has 0 radical (unpaired) electrons. The van der Waals surface area contributed by atoms with Gasteiger partial charge in [-0.15, -0.1) is 0 Å². The van der Waals surface area contributed by atoms with Crippen molar-refractivity contribution in [3.63, 3.8) is 0 Å². The predicted molar refractivity (Wildman–Crippen MR) is 83.0 cm³/mol. The molecule has 1 aliphatic rings. The van der Waals surface area contributed by atoms with E-state index in [4.69, 9.17) is 5.26 Å². The molecular formula is C16H17N3O2S. The standard InChI is InChI=1S/C16H17N3O2S/c17-10-13-1-3-14(4-2-13)11-19-7-6-18-16(19)9-15-5-8-22(20,21)12-15/h1-4,6-7,15H,5,8-9,11-12H2. The zero-order chi connectivity index (χ0) is 15.6. The van der Waals surface area contributed by atoms with E-state index in [-0.39, 0.29) is 11.7 Å². The molecule has 2 aromatic rings. The van der Waals surface area contributed by atoms with Crippen molar-refractivity contribution in [1.29, 1.82) is 5.26 Å². The van der Waals surface area contributed by atoms with Crippen LogP contribution in [0.3, 0.4) is 0 Å². The van der Waals surface area contributed by atoms with Gasteiger partial charge in [-0.2, -0.15) is 5.26 Å². The second-order valence-electron chi connectivity index (χ2n) is 5.75. The molecule has 1 aliphatic heterocycles. The summed E-state index contributed by atoms with van der Waals surface area (Å²) in [6.07, 6.45) is 5.09. The van der Waals surface area contributed by atoms with Crippen molar-refractivity contribution in [2.24, 2.45) is 5.92 Å². The fourth-order valence-corrected chi connectivity index (χ4v) is 4.71. The van der Waals surface area contributed by atoms with Crippen LogP contribution >= 0.6 is 0 Å². The van der Waals surface area contributed by atoms with Gasteiger partial charge >= 0.3 is 0 Å². The summed E-state index contributed by atoms with van der Waals surface area (Å²) in [5.41, 5.74) is 1.74. The van der Waals surface area contributed by atoms with Crippen LogP contribution in [0.4, 0.5) is 0 Å². The summed E-state index contributed by atoms with van der Waals surface area (Å²) in [6, 6.07) is 9.57. The van der Waals surface area contributed by atoms with Crippen molar-refractivity contribution in [3.05, 3.63) is 53.6 Å². The van der Waals surface area contributed by atoms with Crippen molar-refractivity contribution in [2.45, 2.75) is 19.4 Å². The molecule has 6 heteroatoms. The van der Waals surface area contributed by atoms with Crippen LogP contribution in [-0.4, -0.2) is 29.5 Å². The van der Waals surface area contributed by atoms with Crippen molar-refractivity contribution >= 4 is 9.84 Å². The molecule has 0 amide bonds. The highest BCUT2D eigenvalue weighted by Crippen LogP contribution is 2.22. The maximum Gasteiger partial charge on any atom is 0.150 e. The molecule has 0 bridgehead atoms. The van der Waals surface area contributed by atoms with Gasteiger partial charge in [-0.1, -0.05) is 12.1 Å². The quantitative estimate of drug-likeness (QED) is 0.862. The highest BCUT2D eigenvalue weighted by atomic mass is 32.2. The van der Waals surface area contributed by atoms with Crippen LogP contribution in [0.2, 0.25) is 0 Å². The van der Waals surface area contributed by atoms with E-state index < -0.39 is 9.84 Å². The lowest BCUT2D eigenvalue weighted by molar-refractivity contribution is 0.551. The summed E-state index contributed by atoms with van der Waals surface area (Å²) in [6.45, 7) is 0.681. The van der Waals surface area contributed by atoms with Gasteiger partial charge in [0.15, 0.2) is 9.84 Å². The SMILES string of the molecule is N#Cc1ccc(Cn2ccnc2CC2CCS(=O)(=O)C2)cc1. The van der Waals surface area contributed by atoms with Crippen LogP contribution in [0.25, 0.3) is 0 Å². The van der Waals surface area contributed by atoms with Crippen molar-refractivity contribution < 1.29 is 8.42 Å². The van der Waals surface area contributed by atoms with E-state index in [1.54, 1.807) is 18.3 Å². The van der Waals surface area contributed by atoms with Gasteiger partial charge in [0.25, 0.3) is 0 Å². The average Bonchev–Trinajstić information content (AvgIpc) is 3.07. The Kier molecular flexibility index (Phi) is 3.99. The zero-order valence-corrected chi connectivity index (χ0v) is 13.0. The lowest BCUT2D eigenvalue weighted by Gasteiger charge is -2.11. The van der Waals surface area contributed by atoms with Crippen molar-refractivity contribution in [3.8, 4) is 6.07 Å². The lowest BCUT2D eigenvalue weighted by Crippen LogP contribution is -2.12. The van der Waals surface area contributed by atoms with E-state index in [9.17, 15) is 8.42 Å². The Hall–Kier alpha value is -2.13. The molecule has 1 fully saturated rings. The summed E-state index contributed by atoms with van der Waals surface area (Å²) >= 11 is 0. The third-order valence-corrected chi connectivity index (χ3v) is 5.87. The molecule has 0 saturated carbocycles. The lowest BCUT2D eigenvalue weighted by atomic mass is 10.0. The van der Waals surface area contributed by atoms with Gasteiger partial charge in [-0.05, 0) is 30.0 Å². The highest BCUT2D eigenvalue weighted by Gasteiger charge is 2.28. The van der Waals surface area contributed by atoms with Crippen molar-refractivity contribution in [1.82, 2.24) is 9.55 Å². The van der Waals surface area contributed by atoms with Crippen LogP contribution in [0.1, 0.15) is 23.4 Å². The molecule has 1 aromatic carbocycles. The van der Waals surface area contributed by atoms with E-state index in [2.05, 4.69) is 11.1 Å². The second kappa shape index (κ2) is 5.93. The van der Waals surface area contributed by atoms with Gasteiger partial charge in [0.05, 0.1) is 23.1 Å². The average molecular weight is 315 g/mol. The topological polar surface area (TPSA) is 75.8 Å². The summed E-state index contributed by atoms with van der Waals surface area (Å²) in [5, 5.41) is 8.82. The first-order chi connectivity index (χ1) is 10.6. The molecule has 5 nitrogen and oxygen atoms in total. The number of imidazole rings is 1. The summed E-state index contributed by atoms with van der Waals surface area (Å²) in [4.78, 5) is 4.37. The van der Waals surface area contributed by atoms with Gasteiger partial charge in [0.1, 0.15) is 5.82 Å². The minimum absolute atomic E-state index is 0.173. The number of rotatable bonds is 4. The Morgan fingerprint density at radius 1 is 1.32 bits per heavy atom. The second-order valence-corrected chi connectivity index (χ2v) is 7.98. The zero-order valence-electron chi connectivity index (χ0n) is 12.1. The first-order valence-electron chi connectivity index (χ1n) is 7.25. The molecule has 114 valence electrons. The number of benzene rings is 1. The summed E-state index contributed by atoms with van der Waals surface area (Å²) < 4.78 is 25.2. The van der Waals surface area contributed by atoms with Crippen LogP contribution in [0.15, 0.2) is 36.7 Å². The fraction of sp³-hybridized carbons (Fsp3) is 0.375. The van der Waals surface area contributed by atoms with Gasteiger partial charge in [0.2, 0.25) is 0 Å². The van der Waals surface area contributed by atoms with Gasteiger partial charge in [0, 0.05) is 25.4 Å². The monoisotopic (exact) mass is 315 g/mol. The van der Waals surface area contributed by atoms with E-state index in [1.807, 2.05) is 22.9 Å². The van der Waals surface area contributed by atoms with E-state index >= 15 is 0 Å². The van der Waals surface area contributed by atoms with E-state index in [1.165, 1.54) is 0 Å². The maximum absolute atomic E-state index is 11.6. The number of aromatic nitrogens is 2. The molecule has 1 aromatic heterocycles. The summed E-state index contributed by atoms with van der Waals surface area (Å²) in [5.74, 6) is 1.67. The predicted octanol–water partition coefficient (Wildman–Crippen LogP) is 1.78. The van der Waals surface area contributed by atoms with E-state index in [0.29, 0.717) is 24.3 Å². The smallest absolute Gasteiger partial charge is 0.150 e. The minimum Gasteiger partial charge on any atom is -0.331 e.